The summed E-state index contributed by atoms with van der Waals surface area (Å²) >= 11 is 0. The Balaban J connectivity index is 2.32. The van der Waals surface area contributed by atoms with Gasteiger partial charge in [-0.05, 0) is 18.2 Å². The molecule has 0 spiro atoms. The lowest BCUT2D eigenvalue weighted by Crippen LogP contribution is -2.23. The quantitative estimate of drug-likeness (QED) is 0.899. The number of halogens is 2. The highest BCUT2D eigenvalue weighted by molar-refractivity contribution is 5.72. The first-order valence-electron chi connectivity index (χ1n) is 5.93. The van der Waals surface area contributed by atoms with Crippen molar-refractivity contribution in [2.24, 2.45) is 5.92 Å². The Bertz CT molecular complexity index is 464. The highest BCUT2D eigenvalue weighted by Gasteiger charge is 2.39. The topological polar surface area (TPSA) is 40.5 Å². The van der Waals surface area contributed by atoms with Crippen molar-refractivity contribution in [2.75, 3.05) is 19.6 Å². The molecule has 1 fully saturated rings. The summed E-state index contributed by atoms with van der Waals surface area (Å²) in [6.45, 7) is 3.56. The molecule has 3 nitrogen and oxygen atoms in total. The first-order valence-corrected chi connectivity index (χ1v) is 5.93. The van der Waals surface area contributed by atoms with E-state index < -0.39 is 29.4 Å². The Morgan fingerprint density at radius 3 is 2.72 bits per heavy atom. The summed E-state index contributed by atoms with van der Waals surface area (Å²) in [4.78, 5) is 13.2. The van der Waals surface area contributed by atoms with E-state index >= 15 is 0 Å². The van der Waals surface area contributed by atoms with Crippen LogP contribution in [-0.4, -0.2) is 35.6 Å². The smallest absolute Gasteiger partial charge is 0.308 e. The Morgan fingerprint density at radius 2 is 2.17 bits per heavy atom. The molecule has 0 aliphatic carbocycles. The number of hydrogen-bond acceptors (Lipinski definition) is 2. The molecule has 1 aromatic rings. The number of aliphatic carboxylic acids is 1. The van der Waals surface area contributed by atoms with Gasteiger partial charge in [0.05, 0.1) is 5.92 Å². The number of rotatable bonds is 3. The van der Waals surface area contributed by atoms with Gasteiger partial charge in [-0.15, -0.1) is 0 Å². The van der Waals surface area contributed by atoms with Crippen LogP contribution in [0.4, 0.5) is 8.78 Å². The van der Waals surface area contributed by atoms with Crippen LogP contribution in [-0.2, 0) is 4.79 Å². The molecule has 0 aromatic heterocycles. The van der Waals surface area contributed by atoms with Gasteiger partial charge in [-0.2, -0.15) is 0 Å². The number of likely N-dealkylation sites (tertiary alicyclic amines) is 1. The summed E-state index contributed by atoms with van der Waals surface area (Å²) in [5.74, 6) is -3.29. The van der Waals surface area contributed by atoms with Gasteiger partial charge in [-0.1, -0.05) is 13.0 Å². The molecule has 0 saturated carbocycles. The molecule has 18 heavy (non-hydrogen) atoms. The zero-order chi connectivity index (χ0) is 13.3. The molecule has 98 valence electrons. The van der Waals surface area contributed by atoms with Crippen LogP contribution in [0.1, 0.15) is 18.4 Å². The maximum atomic E-state index is 13.7. The molecule has 1 aliphatic rings. The van der Waals surface area contributed by atoms with Crippen molar-refractivity contribution in [3.8, 4) is 0 Å². The number of carboxylic acids is 1. The van der Waals surface area contributed by atoms with E-state index in [-0.39, 0.29) is 0 Å². The van der Waals surface area contributed by atoms with Gasteiger partial charge in [0.25, 0.3) is 0 Å². The molecule has 2 atom stereocenters. The van der Waals surface area contributed by atoms with Gasteiger partial charge in [-0.25, -0.2) is 8.78 Å². The van der Waals surface area contributed by atoms with Crippen LogP contribution in [0.3, 0.4) is 0 Å². The third-order valence-corrected chi connectivity index (χ3v) is 3.52. The van der Waals surface area contributed by atoms with Crippen molar-refractivity contribution in [1.82, 2.24) is 4.90 Å². The minimum Gasteiger partial charge on any atom is -0.481 e. The van der Waals surface area contributed by atoms with E-state index in [1.54, 1.807) is 0 Å². The van der Waals surface area contributed by atoms with E-state index in [4.69, 9.17) is 0 Å². The summed E-state index contributed by atoms with van der Waals surface area (Å²) in [5.41, 5.74) is 0.291. The third kappa shape index (κ3) is 2.36. The Morgan fingerprint density at radius 1 is 1.44 bits per heavy atom. The molecule has 1 aliphatic heterocycles. The molecule has 1 unspecified atom stereocenters. The molecular formula is C13H15F2NO2. The fraction of sp³-hybridized carbons (Fsp3) is 0.462. The molecule has 1 N–H and O–H groups in total. The molecule has 1 saturated heterocycles. The van der Waals surface area contributed by atoms with Crippen molar-refractivity contribution in [2.45, 2.75) is 12.8 Å². The van der Waals surface area contributed by atoms with Gasteiger partial charge >= 0.3 is 5.97 Å². The first kappa shape index (κ1) is 13.0. The van der Waals surface area contributed by atoms with Crippen LogP contribution >= 0.6 is 0 Å². The van der Waals surface area contributed by atoms with E-state index in [2.05, 4.69) is 0 Å². The fourth-order valence-corrected chi connectivity index (χ4v) is 2.51. The maximum absolute atomic E-state index is 13.7. The van der Waals surface area contributed by atoms with Crippen molar-refractivity contribution in [1.29, 1.82) is 0 Å². The lowest BCUT2D eigenvalue weighted by molar-refractivity contribution is -0.141. The van der Waals surface area contributed by atoms with Gasteiger partial charge < -0.3 is 10.0 Å². The van der Waals surface area contributed by atoms with E-state index in [0.29, 0.717) is 18.7 Å². The second-order valence-corrected chi connectivity index (χ2v) is 4.57. The molecule has 1 heterocycles. The Kier molecular flexibility index (Phi) is 3.61. The van der Waals surface area contributed by atoms with Gasteiger partial charge in [0.1, 0.15) is 11.6 Å². The van der Waals surface area contributed by atoms with E-state index in [0.717, 1.165) is 12.6 Å². The second kappa shape index (κ2) is 5.02. The summed E-state index contributed by atoms with van der Waals surface area (Å²) in [6, 6.07) is 3.33. The van der Waals surface area contributed by atoms with Crippen molar-refractivity contribution < 1.29 is 18.7 Å². The number of benzene rings is 1. The summed E-state index contributed by atoms with van der Waals surface area (Å²) < 4.78 is 26.6. The number of carboxylic acid groups (broad SMARTS) is 1. The second-order valence-electron chi connectivity index (χ2n) is 4.57. The van der Waals surface area contributed by atoms with Gasteiger partial charge in [0.2, 0.25) is 0 Å². The van der Waals surface area contributed by atoms with E-state index in [1.807, 2.05) is 11.8 Å². The molecule has 1 aromatic carbocycles. The average molecular weight is 255 g/mol. The van der Waals surface area contributed by atoms with Crippen molar-refractivity contribution >= 4 is 5.97 Å². The Hall–Kier alpha value is -1.49. The fourth-order valence-electron chi connectivity index (χ4n) is 2.51. The predicted octanol–water partition coefficient (Wildman–Crippen LogP) is 2.08. The third-order valence-electron chi connectivity index (χ3n) is 3.52. The van der Waals surface area contributed by atoms with Crippen molar-refractivity contribution in [3.63, 3.8) is 0 Å². The zero-order valence-electron chi connectivity index (χ0n) is 10.1. The molecule has 5 heteroatoms. The monoisotopic (exact) mass is 255 g/mol. The number of likely N-dealkylation sites (N-methyl/N-ethyl adjacent to an activating group) is 1. The zero-order valence-corrected chi connectivity index (χ0v) is 10.1. The molecule has 0 bridgehead atoms. The van der Waals surface area contributed by atoms with E-state index in [1.165, 1.54) is 12.1 Å². The highest BCUT2D eigenvalue weighted by Crippen LogP contribution is 2.34. The first-order chi connectivity index (χ1) is 8.52. The number of nitrogens with zero attached hydrogens (tertiary/aromatic N) is 1. The maximum Gasteiger partial charge on any atom is 0.308 e. The summed E-state index contributed by atoms with van der Waals surface area (Å²) in [6.07, 6.45) is 0. The average Bonchev–Trinajstić information content (AvgIpc) is 2.73. The van der Waals surface area contributed by atoms with Crippen LogP contribution in [0.2, 0.25) is 0 Å². The molecule has 0 amide bonds. The normalized spacial score (nSPS) is 24.4. The van der Waals surface area contributed by atoms with Gasteiger partial charge in [-0.3, -0.25) is 4.79 Å². The molecule has 0 radical (unpaired) electrons. The molecule has 2 rings (SSSR count). The van der Waals surface area contributed by atoms with Crippen molar-refractivity contribution in [3.05, 3.63) is 35.4 Å². The van der Waals surface area contributed by atoms with Gasteiger partial charge in [0, 0.05) is 25.1 Å². The molecular weight excluding hydrogens is 240 g/mol. The summed E-state index contributed by atoms with van der Waals surface area (Å²) in [5, 5.41) is 9.18. The predicted molar refractivity (Wildman–Crippen MR) is 62.3 cm³/mol. The Labute approximate surface area is 104 Å². The number of carbonyl (C=O) groups is 1. The standard InChI is InChI=1S/C13H15F2NO2/c1-2-16-6-10(11(7-16)13(17)18)9-4-3-8(14)5-12(9)15/h3-5,10-11H,2,6-7H2,1H3,(H,17,18)/t10-,11?/m0/s1. The van der Waals surface area contributed by atoms with Crippen LogP contribution in [0.25, 0.3) is 0 Å². The minimum atomic E-state index is -0.931. The lowest BCUT2D eigenvalue weighted by atomic mass is 9.88. The number of hydrogen-bond donors (Lipinski definition) is 1. The minimum absolute atomic E-state index is 0.291. The van der Waals surface area contributed by atoms with Crippen LogP contribution < -0.4 is 0 Å². The largest absolute Gasteiger partial charge is 0.481 e. The van der Waals surface area contributed by atoms with Crippen LogP contribution in [0, 0.1) is 17.6 Å². The van der Waals surface area contributed by atoms with Crippen LogP contribution in [0.5, 0.6) is 0 Å². The van der Waals surface area contributed by atoms with Crippen LogP contribution in [0.15, 0.2) is 18.2 Å². The highest BCUT2D eigenvalue weighted by atomic mass is 19.1. The summed E-state index contributed by atoms with van der Waals surface area (Å²) in [7, 11) is 0. The SMILES string of the molecule is CCN1CC(C(=O)O)[C@H](c2ccc(F)cc2F)C1. The lowest BCUT2D eigenvalue weighted by Gasteiger charge is -2.16. The van der Waals surface area contributed by atoms with E-state index in [9.17, 15) is 18.7 Å². The van der Waals surface area contributed by atoms with Gasteiger partial charge in [0.15, 0.2) is 0 Å².